The molecule has 3 aromatic carbocycles. The first-order valence-corrected chi connectivity index (χ1v) is 16.4. The maximum atomic E-state index is 5.27. The largest absolute Gasteiger partial charge is 0.327 e. The summed E-state index contributed by atoms with van der Waals surface area (Å²) >= 11 is 0. The van der Waals surface area contributed by atoms with Crippen molar-refractivity contribution in [3.63, 3.8) is 0 Å². The minimum absolute atomic E-state index is 0.546. The number of imidazole rings is 2. The highest BCUT2D eigenvalue weighted by molar-refractivity contribution is 5.85. The normalized spacial score (nSPS) is 11.8. The Kier molecular flexibility index (Phi) is 9.12. The van der Waals surface area contributed by atoms with E-state index in [9.17, 15) is 0 Å². The molecule has 0 unspecified atom stereocenters. The average Bonchev–Trinajstić information content (AvgIpc) is 3.76. The summed E-state index contributed by atoms with van der Waals surface area (Å²) in [5, 5.41) is 14.7. The SMILES string of the molecule is CCCc1nc2c(C)cc(-c3nc(CC(C)C)c(C)n3CCN(C)C)cc2n1Cc1ccc(-c2ccccc2-c2nn[nH]n2)cc1. The van der Waals surface area contributed by atoms with Gasteiger partial charge in [0.25, 0.3) is 0 Å². The summed E-state index contributed by atoms with van der Waals surface area (Å²) in [4.78, 5) is 12.7. The molecule has 0 aliphatic heterocycles. The third-order valence-corrected chi connectivity index (χ3v) is 8.67. The van der Waals surface area contributed by atoms with Crippen molar-refractivity contribution < 1.29 is 0 Å². The number of fused-ring (bicyclic) bond motifs is 1. The van der Waals surface area contributed by atoms with Crippen LogP contribution in [0, 0.1) is 19.8 Å². The van der Waals surface area contributed by atoms with Crippen LogP contribution in [0.15, 0.2) is 60.7 Å². The fourth-order valence-corrected chi connectivity index (χ4v) is 6.30. The lowest BCUT2D eigenvalue weighted by Gasteiger charge is -2.15. The second kappa shape index (κ2) is 13.4. The van der Waals surface area contributed by atoms with E-state index >= 15 is 0 Å². The molecule has 0 bridgehead atoms. The Balaban J connectivity index is 1.39. The van der Waals surface area contributed by atoms with Crippen LogP contribution < -0.4 is 0 Å². The molecule has 1 N–H and O–H groups in total. The molecule has 0 spiro atoms. The first-order valence-electron chi connectivity index (χ1n) is 16.4. The topological polar surface area (TPSA) is 93.3 Å². The monoisotopic (exact) mass is 615 g/mol. The van der Waals surface area contributed by atoms with E-state index in [1.54, 1.807) is 0 Å². The maximum absolute atomic E-state index is 5.27. The summed E-state index contributed by atoms with van der Waals surface area (Å²) in [7, 11) is 4.26. The molecule has 0 radical (unpaired) electrons. The van der Waals surface area contributed by atoms with Crippen LogP contribution in [0.5, 0.6) is 0 Å². The van der Waals surface area contributed by atoms with Crippen molar-refractivity contribution in [3.05, 3.63) is 89.0 Å². The molecule has 0 amide bonds. The van der Waals surface area contributed by atoms with E-state index in [1.165, 1.54) is 22.5 Å². The van der Waals surface area contributed by atoms with Crippen molar-refractivity contribution in [2.75, 3.05) is 20.6 Å². The summed E-state index contributed by atoms with van der Waals surface area (Å²) in [6, 6.07) is 21.6. The Morgan fingerprint density at radius 3 is 2.33 bits per heavy atom. The van der Waals surface area contributed by atoms with Gasteiger partial charge in [-0.3, -0.25) is 0 Å². The van der Waals surface area contributed by atoms with E-state index in [4.69, 9.17) is 9.97 Å². The molecule has 3 aromatic heterocycles. The van der Waals surface area contributed by atoms with Crippen molar-refractivity contribution in [2.45, 2.75) is 67.0 Å². The van der Waals surface area contributed by atoms with Gasteiger partial charge < -0.3 is 14.0 Å². The summed E-state index contributed by atoms with van der Waals surface area (Å²) in [6.07, 6.45) is 2.94. The molecule has 0 saturated carbocycles. The molecular formula is C37H45N9. The lowest BCUT2D eigenvalue weighted by Crippen LogP contribution is -2.19. The van der Waals surface area contributed by atoms with Crippen LogP contribution in [0.2, 0.25) is 0 Å². The van der Waals surface area contributed by atoms with Gasteiger partial charge in [0.1, 0.15) is 11.6 Å². The molecular weight excluding hydrogens is 570 g/mol. The fourth-order valence-electron chi connectivity index (χ4n) is 6.30. The molecule has 9 heteroatoms. The molecule has 6 rings (SSSR count). The van der Waals surface area contributed by atoms with Gasteiger partial charge in [0.2, 0.25) is 5.82 Å². The van der Waals surface area contributed by atoms with Crippen molar-refractivity contribution in [2.24, 2.45) is 5.92 Å². The van der Waals surface area contributed by atoms with E-state index in [0.29, 0.717) is 11.7 Å². The Labute approximate surface area is 271 Å². The molecule has 0 aliphatic rings. The smallest absolute Gasteiger partial charge is 0.205 e. The Morgan fingerprint density at radius 1 is 0.891 bits per heavy atom. The van der Waals surface area contributed by atoms with Crippen LogP contribution in [0.4, 0.5) is 0 Å². The van der Waals surface area contributed by atoms with E-state index in [0.717, 1.165) is 83.8 Å². The highest BCUT2D eigenvalue weighted by atomic mass is 15.5. The zero-order valence-corrected chi connectivity index (χ0v) is 28.2. The van der Waals surface area contributed by atoms with Crippen molar-refractivity contribution >= 4 is 11.0 Å². The quantitative estimate of drug-likeness (QED) is 0.158. The molecule has 46 heavy (non-hydrogen) atoms. The predicted octanol–water partition coefficient (Wildman–Crippen LogP) is 7.12. The number of aromatic nitrogens is 8. The van der Waals surface area contributed by atoms with E-state index < -0.39 is 0 Å². The number of benzene rings is 3. The number of rotatable bonds is 12. The third kappa shape index (κ3) is 6.37. The van der Waals surface area contributed by atoms with Gasteiger partial charge in [0.15, 0.2) is 0 Å². The maximum Gasteiger partial charge on any atom is 0.205 e. The van der Waals surface area contributed by atoms with E-state index in [1.807, 2.05) is 18.2 Å². The molecule has 0 aliphatic carbocycles. The van der Waals surface area contributed by atoms with Gasteiger partial charge in [-0.2, -0.15) is 5.21 Å². The van der Waals surface area contributed by atoms with Gasteiger partial charge >= 0.3 is 0 Å². The number of tetrazole rings is 1. The number of likely N-dealkylation sites (N-methyl/N-ethyl adjacent to an activating group) is 1. The second-order valence-corrected chi connectivity index (χ2v) is 13.0. The van der Waals surface area contributed by atoms with Crippen LogP contribution in [-0.4, -0.2) is 65.3 Å². The van der Waals surface area contributed by atoms with Gasteiger partial charge in [-0.1, -0.05) is 69.3 Å². The standard InChI is InChI=1S/C37H45N9/c1-8-11-34-39-35-25(4)21-29(37-38-32(20-24(2)3)26(5)45(37)19-18-44(6)7)22-33(35)46(34)23-27-14-16-28(17-15-27)30-12-9-10-13-31(30)36-40-42-43-41-36/h9-10,12-17,21-22,24H,8,11,18-20,23H2,1-7H3,(H,40,41,42,43). The first kappa shape index (κ1) is 31.4. The molecule has 9 nitrogen and oxygen atoms in total. The number of H-pyrrole nitrogens is 1. The first-order chi connectivity index (χ1) is 22.2. The van der Waals surface area contributed by atoms with Gasteiger partial charge in [-0.05, 0) is 86.3 Å². The number of aryl methyl sites for hydroxylation is 2. The van der Waals surface area contributed by atoms with Crippen molar-refractivity contribution in [1.82, 2.24) is 44.6 Å². The van der Waals surface area contributed by atoms with Crippen LogP contribution in [0.1, 0.15) is 55.5 Å². The fraction of sp³-hybridized carbons (Fsp3) is 0.378. The summed E-state index contributed by atoms with van der Waals surface area (Å²) in [5.74, 6) is 3.31. The molecule has 0 atom stereocenters. The highest BCUT2D eigenvalue weighted by Crippen LogP contribution is 2.32. The lowest BCUT2D eigenvalue weighted by atomic mass is 9.98. The number of nitrogens with one attached hydrogen (secondary N) is 1. The molecule has 0 fully saturated rings. The van der Waals surface area contributed by atoms with Crippen molar-refractivity contribution in [3.8, 4) is 33.9 Å². The number of aromatic amines is 1. The zero-order chi connectivity index (χ0) is 32.4. The molecule has 6 aromatic rings. The summed E-state index contributed by atoms with van der Waals surface area (Å²) in [5.41, 5.74) is 11.4. The summed E-state index contributed by atoms with van der Waals surface area (Å²) in [6.45, 7) is 13.8. The second-order valence-electron chi connectivity index (χ2n) is 13.0. The zero-order valence-electron chi connectivity index (χ0n) is 28.2. The minimum Gasteiger partial charge on any atom is -0.327 e. The average molecular weight is 616 g/mol. The van der Waals surface area contributed by atoms with Crippen LogP contribution in [0.3, 0.4) is 0 Å². The lowest BCUT2D eigenvalue weighted by molar-refractivity contribution is 0.383. The number of nitrogens with zero attached hydrogens (tertiary/aromatic N) is 8. The van der Waals surface area contributed by atoms with Gasteiger partial charge in [0, 0.05) is 42.9 Å². The van der Waals surface area contributed by atoms with Crippen LogP contribution >= 0.6 is 0 Å². The van der Waals surface area contributed by atoms with E-state index in [-0.39, 0.29) is 0 Å². The van der Waals surface area contributed by atoms with Gasteiger partial charge in [-0.25, -0.2) is 9.97 Å². The minimum atomic E-state index is 0.546. The van der Waals surface area contributed by atoms with Gasteiger partial charge in [0.05, 0.1) is 16.7 Å². The highest BCUT2D eigenvalue weighted by Gasteiger charge is 2.20. The molecule has 0 saturated heterocycles. The van der Waals surface area contributed by atoms with Crippen LogP contribution in [-0.2, 0) is 25.9 Å². The predicted molar refractivity (Wildman–Crippen MR) is 186 cm³/mol. The van der Waals surface area contributed by atoms with Gasteiger partial charge in [-0.15, -0.1) is 10.2 Å². The molecule has 238 valence electrons. The molecule has 3 heterocycles. The number of hydrogen-bond acceptors (Lipinski definition) is 6. The van der Waals surface area contributed by atoms with Crippen LogP contribution in [0.25, 0.3) is 44.9 Å². The third-order valence-electron chi connectivity index (χ3n) is 8.67. The Hall–Kier alpha value is -4.63. The Morgan fingerprint density at radius 2 is 1.65 bits per heavy atom. The Bertz CT molecular complexity index is 1930. The summed E-state index contributed by atoms with van der Waals surface area (Å²) < 4.78 is 4.82. The van der Waals surface area contributed by atoms with E-state index in [2.05, 4.69) is 126 Å². The van der Waals surface area contributed by atoms with Crippen molar-refractivity contribution in [1.29, 1.82) is 0 Å². The number of hydrogen-bond donors (Lipinski definition) is 1.